The van der Waals surface area contributed by atoms with Crippen molar-refractivity contribution in [1.29, 1.82) is 0 Å². The zero-order valence-corrected chi connectivity index (χ0v) is 12.3. The van der Waals surface area contributed by atoms with Gasteiger partial charge in [0.2, 0.25) is 5.91 Å². The third-order valence-corrected chi connectivity index (χ3v) is 3.82. The van der Waals surface area contributed by atoms with Gasteiger partial charge in [-0.2, -0.15) is 0 Å². The lowest BCUT2D eigenvalue weighted by atomic mass is 9.83. The summed E-state index contributed by atoms with van der Waals surface area (Å²) < 4.78 is 5.18. The van der Waals surface area contributed by atoms with E-state index in [1.807, 2.05) is 6.92 Å². The maximum absolute atomic E-state index is 12.2. The third kappa shape index (κ3) is 3.81. The Morgan fingerprint density at radius 1 is 1.29 bits per heavy atom. The Bertz CT molecular complexity index is 506. The van der Waals surface area contributed by atoms with Crippen LogP contribution in [-0.2, 0) is 4.79 Å². The number of nitrogens with two attached hydrogens (primary N) is 1. The molecule has 7 nitrogen and oxygen atoms in total. The maximum atomic E-state index is 12.2. The summed E-state index contributed by atoms with van der Waals surface area (Å²) >= 11 is 0. The van der Waals surface area contributed by atoms with Crippen LogP contribution in [-0.4, -0.2) is 23.5 Å². The van der Waals surface area contributed by atoms with Crippen molar-refractivity contribution in [2.24, 2.45) is 5.73 Å². The van der Waals surface area contributed by atoms with Crippen LogP contribution >= 0.6 is 0 Å². The highest BCUT2D eigenvalue weighted by Crippen LogP contribution is 2.36. The molecule has 1 aromatic rings. The van der Waals surface area contributed by atoms with Crippen LogP contribution in [0.1, 0.15) is 66.3 Å². The first-order valence-electron chi connectivity index (χ1n) is 7.39. The first-order chi connectivity index (χ1) is 10.1. The number of carbonyl (C=O) groups is 2. The highest BCUT2D eigenvalue weighted by Gasteiger charge is 2.27. The fourth-order valence-electron chi connectivity index (χ4n) is 2.79. The van der Waals surface area contributed by atoms with E-state index in [4.69, 9.17) is 10.3 Å². The summed E-state index contributed by atoms with van der Waals surface area (Å²) in [6, 6.07) is 0. The van der Waals surface area contributed by atoms with E-state index in [1.54, 1.807) is 0 Å². The fourth-order valence-corrected chi connectivity index (χ4v) is 2.79. The van der Waals surface area contributed by atoms with E-state index in [0.717, 1.165) is 31.2 Å². The summed E-state index contributed by atoms with van der Waals surface area (Å²) in [4.78, 5) is 23.5. The largest absolute Gasteiger partial charge is 0.361 e. The van der Waals surface area contributed by atoms with Gasteiger partial charge < -0.3 is 10.3 Å². The molecule has 0 aromatic carbocycles. The van der Waals surface area contributed by atoms with Gasteiger partial charge in [-0.25, -0.2) is 0 Å². The summed E-state index contributed by atoms with van der Waals surface area (Å²) in [5, 5.41) is 3.85. The van der Waals surface area contributed by atoms with Crippen LogP contribution in [0.15, 0.2) is 4.52 Å². The minimum Gasteiger partial charge on any atom is -0.361 e. The zero-order chi connectivity index (χ0) is 15.2. The Balaban J connectivity index is 2.05. The number of hydrogen-bond donors (Lipinski definition) is 3. The topological polar surface area (TPSA) is 110 Å². The predicted molar refractivity (Wildman–Crippen MR) is 76.3 cm³/mol. The van der Waals surface area contributed by atoms with Gasteiger partial charge in [-0.1, -0.05) is 24.4 Å². The molecule has 21 heavy (non-hydrogen) atoms. The second kappa shape index (κ2) is 7.21. The smallest absolute Gasteiger partial charge is 0.292 e. The number of nitrogens with one attached hydrogen (secondary N) is 2. The van der Waals surface area contributed by atoms with Crippen LogP contribution < -0.4 is 16.6 Å². The minimum atomic E-state index is -0.446. The summed E-state index contributed by atoms with van der Waals surface area (Å²) in [5.74, 6) is 0.217. The molecule has 1 aromatic heterocycles. The molecule has 0 spiro atoms. The van der Waals surface area contributed by atoms with Crippen molar-refractivity contribution in [3.8, 4) is 0 Å². The molecule has 0 aliphatic heterocycles. The van der Waals surface area contributed by atoms with Crippen molar-refractivity contribution >= 4 is 11.8 Å². The van der Waals surface area contributed by atoms with E-state index < -0.39 is 5.91 Å². The van der Waals surface area contributed by atoms with E-state index >= 15 is 0 Å². The van der Waals surface area contributed by atoms with Gasteiger partial charge in [-0.3, -0.25) is 20.4 Å². The van der Waals surface area contributed by atoms with Gasteiger partial charge in [0.25, 0.3) is 5.91 Å². The molecular formula is C14H22N4O3. The minimum absolute atomic E-state index is 0.160. The molecule has 0 bridgehead atoms. The standard InChI is InChI=1S/C14H22N4O3/c1-9-12(10-5-3-2-4-6-10)13(18-21-9)14(20)17-16-11(19)7-8-15/h10H,2-8,15H2,1H3,(H,16,19)(H,17,20). The normalized spacial score (nSPS) is 15.7. The Morgan fingerprint density at radius 2 is 2.00 bits per heavy atom. The number of amides is 2. The Kier molecular flexibility index (Phi) is 5.32. The maximum Gasteiger partial charge on any atom is 0.292 e. The molecular weight excluding hydrogens is 272 g/mol. The van der Waals surface area contributed by atoms with Gasteiger partial charge in [0.1, 0.15) is 5.76 Å². The van der Waals surface area contributed by atoms with Crippen LogP contribution in [0.5, 0.6) is 0 Å². The predicted octanol–water partition coefficient (Wildman–Crippen LogP) is 1.14. The average molecular weight is 294 g/mol. The first-order valence-corrected chi connectivity index (χ1v) is 7.39. The number of hydrazine groups is 1. The van der Waals surface area contributed by atoms with Crippen molar-refractivity contribution in [3.63, 3.8) is 0 Å². The van der Waals surface area contributed by atoms with Gasteiger partial charge in [-0.15, -0.1) is 0 Å². The molecule has 2 amide bonds. The van der Waals surface area contributed by atoms with Crippen molar-refractivity contribution in [3.05, 3.63) is 17.0 Å². The molecule has 0 atom stereocenters. The molecule has 1 aliphatic carbocycles. The molecule has 0 radical (unpaired) electrons. The molecule has 1 fully saturated rings. The molecule has 116 valence electrons. The summed E-state index contributed by atoms with van der Waals surface area (Å²) in [5.41, 5.74) is 11.1. The van der Waals surface area contributed by atoms with Crippen LogP contribution in [0.4, 0.5) is 0 Å². The monoisotopic (exact) mass is 294 g/mol. The number of hydrogen-bond acceptors (Lipinski definition) is 5. The van der Waals surface area contributed by atoms with Crippen molar-refractivity contribution < 1.29 is 14.1 Å². The van der Waals surface area contributed by atoms with Crippen molar-refractivity contribution in [1.82, 2.24) is 16.0 Å². The van der Waals surface area contributed by atoms with Crippen LogP contribution in [0.25, 0.3) is 0 Å². The lowest BCUT2D eigenvalue weighted by Crippen LogP contribution is -2.42. The molecule has 2 rings (SSSR count). The molecule has 0 saturated heterocycles. The number of rotatable bonds is 4. The highest BCUT2D eigenvalue weighted by molar-refractivity contribution is 5.95. The molecule has 1 aliphatic rings. The van der Waals surface area contributed by atoms with E-state index in [1.165, 1.54) is 6.42 Å². The van der Waals surface area contributed by atoms with Crippen LogP contribution in [0, 0.1) is 6.92 Å². The Labute approximate surface area is 123 Å². The molecule has 0 unspecified atom stereocenters. The molecule has 7 heteroatoms. The van der Waals surface area contributed by atoms with Gasteiger partial charge in [0.15, 0.2) is 5.69 Å². The highest BCUT2D eigenvalue weighted by atomic mass is 16.5. The van der Waals surface area contributed by atoms with Crippen molar-refractivity contribution in [2.75, 3.05) is 6.54 Å². The molecule has 1 heterocycles. The van der Waals surface area contributed by atoms with Gasteiger partial charge in [0.05, 0.1) is 0 Å². The van der Waals surface area contributed by atoms with E-state index in [-0.39, 0.29) is 24.6 Å². The van der Waals surface area contributed by atoms with Gasteiger partial charge in [-0.05, 0) is 25.7 Å². The third-order valence-electron chi connectivity index (χ3n) is 3.82. The number of nitrogens with zero attached hydrogens (tertiary/aromatic N) is 1. The van der Waals surface area contributed by atoms with Crippen LogP contribution in [0.3, 0.4) is 0 Å². The molecule has 4 N–H and O–H groups in total. The van der Waals surface area contributed by atoms with Gasteiger partial charge in [0, 0.05) is 18.5 Å². The fraction of sp³-hybridized carbons (Fsp3) is 0.643. The SMILES string of the molecule is Cc1onc(C(=O)NNC(=O)CCN)c1C1CCCCC1. The summed E-state index contributed by atoms with van der Waals surface area (Å²) in [6.45, 7) is 2.05. The number of aryl methyl sites for hydroxylation is 1. The second-order valence-corrected chi connectivity index (χ2v) is 5.38. The first kappa shape index (κ1) is 15.5. The Hall–Kier alpha value is -1.89. The van der Waals surface area contributed by atoms with E-state index in [9.17, 15) is 9.59 Å². The van der Waals surface area contributed by atoms with Crippen molar-refractivity contribution in [2.45, 2.75) is 51.4 Å². The average Bonchev–Trinajstić information content (AvgIpc) is 2.88. The van der Waals surface area contributed by atoms with E-state index in [0.29, 0.717) is 11.7 Å². The second-order valence-electron chi connectivity index (χ2n) is 5.38. The lowest BCUT2D eigenvalue weighted by molar-refractivity contribution is -0.121. The summed E-state index contributed by atoms with van der Waals surface area (Å²) in [6.07, 6.45) is 5.79. The number of aromatic nitrogens is 1. The Morgan fingerprint density at radius 3 is 2.67 bits per heavy atom. The quantitative estimate of drug-likeness (QED) is 0.721. The zero-order valence-electron chi connectivity index (χ0n) is 12.3. The number of carbonyl (C=O) groups excluding carboxylic acids is 2. The summed E-state index contributed by atoms with van der Waals surface area (Å²) in [7, 11) is 0. The van der Waals surface area contributed by atoms with Crippen LogP contribution in [0.2, 0.25) is 0 Å². The lowest BCUT2D eigenvalue weighted by Gasteiger charge is -2.21. The van der Waals surface area contributed by atoms with E-state index in [2.05, 4.69) is 16.0 Å². The van der Waals surface area contributed by atoms with Gasteiger partial charge >= 0.3 is 0 Å². The molecule has 1 saturated carbocycles.